The Balaban J connectivity index is 1.68. The Morgan fingerprint density at radius 1 is 1.10 bits per heavy atom. The molecule has 0 saturated carbocycles. The molecule has 0 unspecified atom stereocenters. The summed E-state index contributed by atoms with van der Waals surface area (Å²) in [7, 11) is 0. The first kappa shape index (κ1) is 14.2. The minimum Gasteiger partial charge on any atom is -0.489 e. The zero-order valence-corrected chi connectivity index (χ0v) is 12.5. The first-order valence-corrected chi connectivity index (χ1v) is 7.78. The topological polar surface area (TPSA) is 29.5 Å². The molecule has 0 heterocycles. The number of hydrogen-bond acceptors (Lipinski definition) is 2. The van der Waals surface area contributed by atoms with Gasteiger partial charge in [0.15, 0.2) is 0 Å². The minimum absolute atomic E-state index is 0.332. The van der Waals surface area contributed by atoms with E-state index in [0.29, 0.717) is 6.61 Å². The molecule has 1 aliphatic rings. The number of hydrogen-bond donors (Lipinski definition) is 1. The second-order valence-corrected chi connectivity index (χ2v) is 5.73. The predicted molar refractivity (Wildman–Crippen MR) is 84.5 cm³/mol. The Bertz CT molecular complexity index is 601. The molecule has 1 N–H and O–H groups in total. The first-order chi connectivity index (χ1) is 10.3. The molecule has 2 heteroatoms. The highest BCUT2D eigenvalue weighted by Crippen LogP contribution is 2.32. The fourth-order valence-corrected chi connectivity index (χ4v) is 2.88. The van der Waals surface area contributed by atoms with Crippen LogP contribution in [0.15, 0.2) is 42.5 Å². The molecule has 0 spiro atoms. The van der Waals surface area contributed by atoms with E-state index >= 15 is 0 Å². The molecule has 0 saturated heterocycles. The third kappa shape index (κ3) is 3.27. The van der Waals surface area contributed by atoms with Crippen LogP contribution in [0.3, 0.4) is 0 Å². The Morgan fingerprint density at radius 2 is 1.86 bits per heavy atom. The minimum atomic E-state index is -0.332. The van der Waals surface area contributed by atoms with Crippen molar-refractivity contribution >= 4 is 0 Å². The van der Waals surface area contributed by atoms with Crippen molar-refractivity contribution in [2.24, 2.45) is 0 Å². The summed E-state index contributed by atoms with van der Waals surface area (Å²) in [5, 5.41) is 10.1. The molecule has 110 valence electrons. The molecular formula is C19H22O2. The molecule has 0 amide bonds. The Labute approximate surface area is 126 Å². The third-order valence-corrected chi connectivity index (χ3v) is 4.24. The quantitative estimate of drug-likeness (QED) is 0.910. The van der Waals surface area contributed by atoms with E-state index in [4.69, 9.17) is 4.74 Å². The lowest BCUT2D eigenvalue weighted by Crippen LogP contribution is -2.09. The van der Waals surface area contributed by atoms with Crippen LogP contribution in [0.4, 0.5) is 0 Å². The van der Waals surface area contributed by atoms with Gasteiger partial charge in [0.2, 0.25) is 0 Å². The largest absolute Gasteiger partial charge is 0.489 e. The smallest absolute Gasteiger partial charge is 0.120 e. The van der Waals surface area contributed by atoms with E-state index in [0.717, 1.165) is 37.0 Å². The monoisotopic (exact) mass is 282 g/mol. The normalized spacial score (nSPS) is 17.3. The molecule has 1 atom stereocenters. The molecule has 0 radical (unpaired) electrons. The second kappa shape index (κ2) is 6.31. The lowest BCUT2D eigenvalue weighted by molar-refractivity contribution is 0.156. The first-order valence-electron chi connectivity index (χ1n) is 7.78. The van der Waals surface area contributed by atoms with Crippen LogP contribution in [-0.2, 0) is 19.4 Å². The number of benzene rings is 2. The van der Waals surface area contributed by atoms with Crippen molar-refractivity contribution in [3.05, 3.63) is 64.7 Å². The molecule has 2 aromatic rings. The third-order valence-electron chi connectivity index (χ3n) is 4.24. The summed E-state index contributed by atoms with van der Waals surface area (Å²) in [6.07, 6.45) is 3.71. The van der Waals surface area contributed by atoms with Crippen LogP contribution in [0, 0.1) is 0 Å². The van der Waals surface area contributed by atoms with Gasteiger partial charge in [-0.05, 0) is 60.1 Å². The fraction of sp³-hybridized carbons (Fsp3) is 0.368. The summed E-state index contributed by atoms with van der Waals surface area (Å²) in [5.41, 5.74) is 4.81. The van der Waals surface area contributed by atoms with Crippen LogP contribution in [0.1, 0.15) is 48.1 Å². The predicted octanol–water partition coefficient (Wildman–Crippen LogP) is 4.20. The van der Waals surface area contributed by atoms with E-state index in [9.17, 15) is 5.11 Å². The number of aliphatic hydroxyl groups is 1. The van der Waals surface area contributed by atoms with Gasteiger partial charge in [-0.15, -0.1) is 0 Å². The maximum atomic E-state index is 10.1. The number of rotatable bonds is 4. The van der Waals surface area contributed by atoms with Crippen LogP contribution < -0.4 is 4.74 Å². The van der Waals surface area contributed by atoms with Crippen LogP contribution >= 0.6 is 0 Å². The van der Waals surface area contributed by atoms with Gasteiger partial charge in [0.05, 0.1) is 6.10 Å². The summed E-state index contributed by atoms with van der Waals surface area (Å²) in [4.78, 5) is 0. The van der Waals surface area contributed by atoms with Crippen LogP contribution in [0.5, 0.6) is 5.75 Å². The molecule has 0 fully saturated rings. The van der Waals surface area contributed by atoms with Crippen LogP contribution in [0.2, 0.25) is 0 Å². The van der Waals surface area contributed by atoms with E-state index < -0.39 is 0 Å². The van der Waals surface area contributed by atoms with Gasteiger partial charge >= 0.3 is 0 Å². The van der Waals surface area contributed by atoms with Gasteiger partial charge in [-0.1, -0.05) is 37.3 Å². The lowest BCUT2D eigenvalue weighted by Gasteiger charge is -2.22. The van der Waals surface area contributed by atoms with Gasteiger partial charge in [0.1, 0.15) is 12.4 Å². The maximum absolute atomic E-state index is 10.1. The summed E-state index contributed by atoms with van der Waals surface area (Å²) in [5.74, 6) is 0.842. The molecule has 2 nitrogen and oxygen atoms in total. The van der Waals surface area contributed by atoms with Crippen molar-refractivity contribution in [1.82, 2.24) is 0 Å². The number of ether oxygens (including phenoxy) is 1. The van der Waals surface area contributed by atoms with Crippen LogP contribution in [-0.4, -0.2) is 5.11 Å². The Morgan fingerprint density at radius 3 is 2.62 bits per heavy atom. The number of fused-ring (bicyclic) bond motifs is 1. The van der Waals surface area contributed by atoms with E-state index in [1.807, 2.05) is 12.1 Å². The maximum Gasteiger partial charge on any atom is 0.120 e. The van der Waals surface area contributed by atoms with Gasteiger partial charge in [-0.2, -0.15) is 0 Å². The van der Waals surface area contributed by atoms with Crippen molar-refractivity contribution in [2.75, 3.05) is 0 Å². The summed E-state index contributed by atoms with van der Waals surface area (Å²) < 4.78 is 5.87. The lowest BCUT2D eigenvalue weighted by atomic mass is 9.89. The molecule has 21 heavy (non-hydrogen) atoms. The van der Waals surface area contributed by atoms with E-state index in [1.54, 1.807) is 0 Å². The summed E-state index contributed by atoms with van der Waals surface area (Å²) in [6, 6.07) is 14.6. The molecule has 0 aliphatic heterocycles. The number of aryl methyl sites for hydroxylation is 2. The van der Waals surface area contributed by atoms with E-state index in [-0.39, 0.29) is 6.10 Å². The Hall–Kier alpha value is -1.80. The van der Waals surface area contributed by atoms with Crippen LogP contribution in [0.25, 0.3) is 0 Å². The van der Waals surface area contributed by atoms with Crippen molar-refractivity contribution in [1.29, 1.82) is 0 Å². The highest BCUT2D eigenvalue weighted by molar-refractivity contribution is 5.38. The highest BCUT2D eigenvalue weighted by atomic mass is 16.5. The summed E-state index contributed by atoms with van der Waals surface area (Å²) >= 11 is 0. The number of aliphatic hydroxyl groups excluding tert-OH is 1. The van der Waals surface area contributed by atoms with E-state index in [1.165, 1.54) is 16.7 Å². The Kier molecular flexibility index (Phi) is 4.26. The zero-order valence-electron chi connectivity index (χ0n) is 12.5. The summed E-state index contributed by atoms with van der Waals surface area (Å²) in [6.45, 7) is 2.73. The molecule has 2 aromatic carbocycles. The average molecular weight is 282 g/mol. The zero-order chi connectivity index (χ0) is 14.7. The molecule has 0 aromatic heterocycles. The standard InChI is InChI=1S/C19H22O2/c1-2-14-6-8-15(9-7-14)13-21-17-11-10-16-4-3-5-19(20)18(16)12-17/h6-12,19-20H,2-5,13H2,1H3/t19-/m1/s1. The molecular weight excluding hydrogens is 260 g/mol. The van der Waals surface area contributed by atoms with Gasteiger partial charge in [-0.3, -0.25) is 0 Å². The second-order valence-electron chi connectivity index (χ2n) is 5.73. The van der Waals surface area contributed by atoms with Crippen molar-refractivity contribution in [2.45, 2.75) is 45.3 Å². The molecule has 3 rings (SSSR count). The van der Waals surface area contributed by atoms with E-state index in [2.05, 4.69) is 37.3 Å². The molecule has 0 bridgehead atoms. The van der Waals surface area contributed by atoms with Crippen molar-refractivity contribution in [3.63, 3.8) is 0 Å². The SMILES string of the molecule is CCc1ccc(COc2ccc3c(c2)[C@H](O)CCC3)cc1. The van der Waals surface area contributed by atoms with Crippen molar-refractivity contribution in [3.8, 4) is 5.75 Å². The van der Waals surface area contributed by atoms with Crippen molar-refractivity contribution < 1.29 is 9.84 Å². The highest BCUT2D eigenvalue weighted by Gasteiger charge is 2.18. The average Bonchev–Trinajstić information content (AvgIpc) is 2.54. The van der Waals surface area contributed by atoms with Gasteiger partial charge in [0, 0.05) is 0 Å². The molecule has 1 aliphatic carbocycles. The fourth-order valence-electron chi connectivity index (χ4n) is 2.88. The van der Waals surface area contributed by atoms with Gasteiger partial charge in [0.25, 0.3) is 0 Å². The van der Waals surface area contributed by atoms with Gasteiger partial charge < -0.3 is 9.84 Å². The van der Waals surface area contributed by atoms with Gasteiger partial charge in [-0.25, -0.2) is 0 Å².